The molecule has 108 valence electrons. The minimum Gasteiger partial charge on any atom is -0.396 e. The summed E-state index contributed by atoms with van der Waals surface area (Å²) < 4.78 is 28.4. The summed E-state index contributed by atoms with van der Waals surface area (Å²) in [6.07, 6.45) is 1.81. The first-order valence-corrected chi connectivity index (χ1v) is 8.36. The molecule has 1 heterocycles. The van der Waals surface area contributed by atoms with Crippen molar-refractivity contribution in [2.45, 2.75) is 18.2 Å². The molecule has 0 amide bonds. The van der Waals surface area contributed by atoms with Gasteiger partial charge in [0, 0.05) is 33.4 Å². The Morgan fingerprint density at radius 1 is 1.47 bits per heavy atom. The van der Waals surface area contributed by atoms with Gasteiger partial charge in [-0.25, -0.2) is 8.42 Å². The average molecular weight is 306 g/mol. The maximum atomic E-state index is 11.8. The lowest BCUT2D eigenvalue weighted by atomic mass is 10.3. The summed E-state index contributed by atoms with van der Waals surface area (Å²) in [5.41, 5.74) is 5.80. The van der Waals surface area contributed by atoms with E-state index in [2.05, 4.69) is 5.32 Å². The van der Waals surface area contributed by atoms with Crippen molar-refractivity contribution in [3.63, 3.8) is 0 Å². The Morgan fingerprint density at radius 2 is 2.11 bits per heavy atom. The predicted molar refractivity (Wildman–Crippen MR) is 76.8 cm³/mol. The van der Waals surface area contributed by atoms with Crippen LogP contribution in [0.15, 0.2) is 4.90 Å². The standard InChI is InChI=1S/C11H18N2O4S2/c1-7(14)9-8(12)10(19(3,15)16)11(18-9)13-5-4-6-17-2/h13H,4-6,12H2,1-3H3. The molecule has 3 N–H and O–H groups in total. The van der Waals surface area contributed by atoms with Crippen LogP contribution in [0.25, 0.3) is 0 Å². The van der Waals surface area contributed by atoms with Crippen LogP contribution in [0.3, 0.4) is 0 Å². The van der Waals surface area contributed by atoms with Crippen LogP contribution in [0.5, 0.6) is 0 Å². The zero-order chi connectivity index (χ0) is 14.6. The Bertz CT molecular complexity index is 563. The second kappa shape index (κ2) is 6.36. The number of carbonyl (C=O) groups excluding carboxylic acids is 1. The van der Waals surface area contributed by atoms with Gasteiger partial charge in [0.05, 0.1) is 10.6 Å². The van der Waals surface area contributed by atoms with Crippen LogP contribution in [-0.4, -0.2) is 40.7 Å². The zero-order valence-electron chi connectivity index (χ0n) is 11.1. The minimum absolute atomic E-state index is 0.0140. The van der Waals surface area contributed by atoms with Crippen LogP contribution in [0.1, 0.15) is 23.0 Å². The molecule has 8 heteroatoms. The molecule has 0 aromatic carbocycles. The fourth-order valence-electron chi connectivity index (χ4n) is 1.59. The van der Waals surface area contributed by atoms with E-state index < -0.39 is 9.84 Å². The van der Waals surface area contributed by atoms with E-state index in [1.54, 1.807) is 7.11 Å². The number of ketones is 1. The Kier molecular flexibility index (Phi) is 5.33. The second-order valence-electron chi connectivity index (χ2n) is 4.10. The fraction of sp³-hybridized carbons (Fsp3) is 0.545. The van der Waals surface area contributed by atoms with Crippen molar-refractivity contribution in [3.8, 4) is 0 Å². The lowest BCUT2D eigenvalue weighted by Crippen LogP contribution is -2.08. The highest BCUT2D eigenvalue weighted by Gasteiger charge is 2.25. The smallest absolute Gasteiger partial charge is 0.180 e. The number of hydrogen-bond donors (Lipinski definition) is 2. The van der Waals surface area contributed by atoms with Gasteiger partial charge in [-0.05, 0) is 6.42 Å². The van der Waals surface area contributed by atoms with Crippen LogP contribution < -0.4 is 11.1 Å². The molecule has 0 bridgehead atoms. The number of ether oxygens (including phenoxy) is 1. The topological polar surface area (TPSA) is 98.5 Å². The highest BCUT2D eigenvalue weighted by molar-refractivity contribution is 7.91. The van der Waals surface area contributed by atoms with Crippen molar-refractivity contribution >= 4 is 37.6 Å². The molecule has 0 saturated carbocycles. The van der Waals surface area contributed by atoms with Gasteiger partial charge in [0.1, 0.15) is 9.90 Å². The number of rotatable bonds is 7. The second-order valence-corrected chi connectivity index (χ2v) is 7.08. The van der Waals surface area contributed by atoms with E-state index in [1.807, 2.05) is 0 Å². The van der Waals surface area contributed by atoms with Crippen LogP contribution in [0.4, 0.5) is 10.7 Å². The highest BCUT2D eigenvalue weighted by Crippen LogP contribution is 2.39. The third-order valence-corrected chi connectivity index (χ3v) is 4.96. The lowest BCUT2D eigenvalue weighted by molar-refractivity contribution is 0.102. The Hall–Kier alpha value is -1.12. The molecule has 1 aromatic heterocycles. The summed E-state index contributed by atoms with van der Waals surface area (Å²) in [5.74, 6) is -0.239. The lowest BCUT2D eigenvalue weighted by Gasteiger charge is -2.06. The summed E-state index contributed by atoms with van der Waals surface area (Å²) in [5, 5.41) is 3.42. The number of nitrogen functional groups attached to an aromatic ring is 1. The molecule has 0 unspecified atom stereocenters. The van der Waals surface area contributed by atoms with Gasteiger partial charge in [0.2, 0.25) is 0 Å². The number of hydrogen-bond acceptors (Lipinski definition) is 7. The molecular weight excluding hydrogens is 288 g/mol. The predicted octanol–water partition coefficient (Wildman–Crippen LogP) is 1.38. The summed E-state index contributed by atoms with van der Waals surface area (Å²) in [6, 6.07) is 0. The Labute approximate surface area is 116 Å². The van der Waals surface area contributed by atoms with Crippen molar-refractivity contribution in [2.75, 3.05) is 37.6 Å². The van der Waals surface area contributed by atoms with Gasteiger partial charge in [0.25, 0.3) is 0 Å². The van der Waals surface area contributed by atoms with E-state index in [0.29, 0.717) is 18.2 Å². The third-order valence-electron chi connectivity index (χ3n) is 2.40. The molecule has 0 fully saturated rings. The number of methoxy groups -OCH3 is 1. The van der Waals surface area contributed by atoms with Gasteiger partial charge in [-0.3, -0.25) is 4.79 Å². The van der Waals surface area contributed by atoms with Crippen molar-refractivity contribution in [2.24, 2.45) is 0 Å². The molecule has 0 saturated heterocycles. The normalized spacial score (nSPS) is 11.5. The van der Waals surface area contributed by atoms with Crippen LogP contribution in [-0.2, 0) is 14.6 Å². The van der Waals surface area contributed by atoms with Gasteiger partial charge in [-0.15, -0.1) is 11.3 Å². The van der Waals surface area contributed by atoms with Crippen LogP contribution in [0, 0.1) is 0 Å². The average Bonchev–Trinajstić information content (AvgIpc) is 2.61. The summed E-state index contributed by atoms with van der Waals surface area (Å²) in [7, 11) is -1.88. The number of carbonyl (C=O) groups is 1. The Balaban J connectivity index is 3.08. The molecule has 0 spiro atoms. The molecule has 0 aliphatic carbocycles. The van der Waals surface area contributed by atoms with Gasteiger partial charge in [-0.1, -0.05) is 0 Å². The van der Waals surface area contributed by atoms with Crippen molar-refractivity contribution in [1.82, 2.24) is 0 Å². The van der Waals surface area contributed by atoms with Gasteiger partial charge >= 0.3 is 0 Å². The quantitative estimate of drug-likeness (QED) is 0.583. The molecule has 0 atom stereocenters. The molecule has 19 heavy (non-hydrogen) atoms. The maximum Gasteiger partial charge on any atom is 0.180 e. The van der Waals surface area contributed by atoms with Crippen LogP contribution in [0.2, 0.25) is 0 Å². The van der Waals surface area contributed by atoms with E-state index in [0.717, 1.165) is 24.0 Å². The van der Waals surface area contributed by atoms with E-state index >= 15 is 0 Å². The third kappa shape index (κ3) is 3.92. The summed E-state index contributed by atoms with van der Waals surface area (Å²) in [4.78, 5) is 11.7. The van der Waals surface area contributed by atoms with E-state index in [4.69, 9.17) is 10.5 Å². The van der Waals surface area contributed by atoms with Gasteiger partial charge < -0.3 is 15.8 Å². The molecular formula is C11H18N2O4S2. The monoisotopic (exact) mass is 306 g/mol. The van der Waals surface area contributed by atoms with Crippen molar-refractivity contribution < 1.29 is 17.9 Å². The first-order valence-electron chi connectivity index (χ1n) is 5.65. The number of thiophene rings is 1. The van der Waals surface area contributed by atoms with Crippen molar-refractivity contribution in [3.05, 3.63) is 4.88 Å². The first-order chi connectivity index (χ1) is 8.79. The number of nitrogens with two attached hydrogens (primary N) is 1. The Morgan fingerprint density at radius 3 is 2.58 bits per heavy atom. The van der Waals surface area contributed by atoms with Crippen molar-refractivity contribution in [1.29, 1.82) is 0 Å². The SMILES string of the molecule is COCCCNc1sc(C(C)=O)c(N)c1S(C)(=O)=O. The minimum atomic E-state index is -3.48. The molecule has 0 aliphatic rings. The van der Waals surface area contributed by atoms with E-state index in [1.165, 1.54) is 6.92 Å². The molecule has 1 rings (SSSR count). The molecule has 0 aliphatic heterocycles. The number of nitrogens with one attached hydrogen (secondary N) is 1. The molecule has 0 radical (unpaired) electrons. The number of anilines is 2. The maximum absolute atomic E-state index is 11.8. The number of sulfone groups is 1. The van der Waals surface area contributed by atoms with Crippen LogP contribution >= 0.6 is 11.3 Å². The largest absolute Gasteiger partial charge is 0.396 e. The van der Waals surface area contributed by atoms with Gasteiger partial charge in [0.15, 0.2) is 15.6 Å². The highest BCUT2D eigenvalue weighted by atomic mass is 32.2. The summed E-state index contributed by atoms with van der Waals surface area (Å²) >= 11 is 1.07. The zero-order valence-corrected chi connectivity index (χ0v) is 12.8. The summed E-state index contributed by atoms with van der Waals surface area (Å²) in [6.45, 7) is 2.48. The first kappa shape index (κ1) is 15.9. The molecule has 6 nitrogen and oxygen atoms in total. The van der Waals surface area contributed by atoms with Gasteiger partial charge in [-0.2, -0.15) is 0 Å². The van der Waals surface area contributed by atoms with E-state index in [9.17, 15) is 13.2 Å². The molecule has 1 aromatic rings. The number of Topliss-reactive ketones (excluding diaryl/α,β-unsaturated/α-hetero) is 1. The fourth-order valence-corrected chi connectivity index (χ4v) is 4.08. The van der Waals surface area contributed by atoms with E-state index in [-0.39, 0.29) is 21.2 Å².